The highest BCUT2D eigenvalue weighted by molar-refractivity contribution is 5.82. The maximum atomic E-state index is 12.9. The van der Waals surface area contributed by atoms with Gasteiger partial charge >= 0.3 is 0 Å². The highest BCUT2D eigenvalue weighted by Crippen LogP contribution is 2.44. The molecule has 2 heterocycles. The van der Waals surface area contributed by atoms with E-state index in [1.165, 1.54) is 4.90 Å². The summed E-state index contributed by atoms with van der Waals surface area (Å²) in [6, 6.07) is 22.7. The molecule has 1 aliphatic rings. The molecule has 0 aliphatic carbocycles. The molecule has 3 atom stereocenters. The number of aliphatic hydroxyl groups is 1. The lowest BCUT2D eigenvalue weighted by Gasteiger charge is -2.52. The predicted molar refractivity (Wildman–Crippen MR) is 110 cm³/mol. The molecule has 1 aliphatic heterocycles. The van der Waals surface area contributed by atoms with Crippen LogP contribution >= 0.6 is 0 Å². The van der Waals surface area contributed by atoms with Crippen LogP contribution in [-0.2, 0) is 11.2 Å². The van der Waals surface area contributed by atoms with Crippen molar-refractivity contribution in [3.63, 3.8) is 0 Å². The average molecular weight is 383 g/mol. The first-order chi connectivity index (χ1) is 14.2. The van der Waals surface area contributed by atoms with E-state index in [1.54, 1.807) is 18.5 Å². The van der Waals surface area contributed by atoms with Crippen molar-refractivity contribution in [1.82, 2.24) is 9.88 Å². The quantitative estimate of drug-likeness (QED) is 0.734. The second-order valence-electron chi connectivity index (χ2n) is 7.14. The Kier molecular flexibility index (Phi) is 5.37. The van der Waals surface area contributed by atoms with Gasteiger partial charge in [-0.1, -0.05) is 60.7 Å². The fourth-order valence-corrected chi connectivity index (χ4v) is 4.16. The highest BCUT2D eigenvalue weighted by Gasteiger charge is 2.52. The van der Waals surface area contributed by atoms with E-state index < -0.39 is 12.1 Å². The minimum absolute atomic E-state index is 0.162. The highest BCUT2D eigenvalue weighted by atomic mass is 16.3. The zero-order valence-corrected chi connectivity index (χ0v) is 15.8. The molecule has 5 heteroatoms. The first-order valence-corrected chi connectivity index (χ1v) is 9.59. The largest absolute Gasteiger partial charge is 0.394 e. The van der Waals surface area contributed by atoms with Crippen molar-refractivity contribution in [2.24, 2.45) is 0 Å². The number of pyridine rings is 1. The Hall–Kier alpha value is -3.49. The van der Waals surface area contributed by atoms with Crippen molar-refractivity contribution in [1.29, 1.82) is 5.26 Å². The van der Waals surface area contributed by atoms with E-state index in [4.69, 9.17) is 0 Å². The lowest BCUT2D eigenvalue weighted by Crippen LogP contribution is -2.65. The number of benzene rings is 2. The molecule has 3 aromatic rings. The summed E-state index contributed by atoms with van der Waals surface area (Å²) in [6.07, 6.45) is 3.47. The van der Waals surface area contributed by atoms with Crippen LogP contribution in [0.5, 0.6) is 0 Å². The summed E-state index contributed by atoms with van der Waals surface area (Å²) in [5.41, 5.74) is 3.85. The van der Waals surface area contributed by atoms with Crippen LogP contribution in [0.1, 0.15) is 17.0 Å². The maximum absolute atomic E-state index is 12.9. The summed E-state index contributed by atoms with van der Waals surface area (Å²) in [4.78, 5) is 18.5. The van der Waals surface area contributed by atoms with E-state index >= 15 is 0 Å². The Balaban J connectivity index is 1.65. The van der Waals surface area contributed by atoms with Crippen LogP contribution in [0.2, 0.25) is 0 Å². The van der Waals surface area contributed by atoms with Gasteiger partial charge in [0.25, 0.3) is 0 Å². The molecule has 2 aromatic carbocycles. The van der Waals surface area contributed by atoms with E-state index in [1.807, 2.05) is 60.7 Å². The number of likely N-dealkylation sites (tertiary alicyclic amines) is 1. The van der Waals surface area contributed by atoms with Gasteiger partial charge in [-0.25, -0.2) is 0 Å². The standard InChI is InChI=1S/C24H21N3O2/c25-14-21-24(20-11-5-4-10-19(20)18-8-2-1-3-9-18)22(16-28)27(21)23(29)13-17-7-6-12-26-15-17/h1-12,15,21-22,24,28H,13,16H2/t21-,22-,24+/m1/s1. The first kappa shape index (κ1) is 18.9. The average Bonchev–Trinajstić information content (AvgIpc) is 2.75. The molecule has 1 amide bonds. The van der Waals surface area contributed by atoms with E-state index in [0.717, 1.165) is 22.3 Å². The van der Waals surface area contributed by atoms with Gasteiger partial charge in [0.15, 0.2) is 0 Å². The van der Waals surface area contributed by atoms with Gasteiger partial charge in [0.1, 0.15) is 6.04 Å². The summed E-state index contributed by atoms with van der Waals surface area (Å²) in [7, 11) is 0. The van der Waals surface area contributed by atoms with E-state index in [0.29, 0.717) is 0 Å². The van der Waals surface area contributed by atoms with Crippen LogP contribution < -0.4 is 0 Å². The number of aromatic nitrogens is 1. The Labute approximate surface area is 169 Å². The monoisotopic (exact) mass is 383 g/mol. The first-order valence-electron chi connectivity index (χ1n) is 9.59. The summed E-state index contributed by atoms with van der Waals surface area (Å²) in [6.45, 7) is -0.190. The number of hydrogen-bond donors (Lipinski definition) is 1. The van der Waals surface area contributed by atoms with Crippen molar-refractivity contribution in [2.75, 3.05) is 6.61 Å². The maximum Gasteiger partial charge on any atom is 0.228 e. The molecule has 0 spiro atoms. The lowest BCUT2D eigenvalue weighted by atomic mass is 9.73. The lowest BCUT2D eigenvalue weighted by molar-refractivity contribution is -0.146. The number of nitrogens with zero attached hydrogens (tertiary/aromatic N) is 3. The van der Waals surface area contributed by atoms with Crippen LogP contribution in [0.4, 0.5) is 0 Å². The molecule has 1 aromatic heterocycles. The van der Waals surface area contributed by atoms with Crippen LogP contribution in [0.15, 0.2) is 79.1 Å². The summed E-state index contributed by atoms with van der Waals surface area (Å²) < 4.78 is 0. The van der Waals surface area contributed by atoms with Crippen LogP contribution in [0, 0.1) is 11.3 Å². The zero-order valence-electron chi connectivity index (χ0n) is 15.8. The van der Waals surface area contributed by atoms with Crippen molar-refractivity contribution in [3.8, 4) is 17.2 Å². The Morgan fingerprint density at radius 1 is 1.07 bits per heavy atom. The molecular formula is C24H21N3O2. The number of rotatable bonds is 5. The number of nitriles is 1. The van der Waals surface area contributed by atoms with E-state index in [2.05, 4.69) is 11.1 Å². The van der Waals surface area contributed by atoms with Crippen LogP contribution in [0.3, 0.4) is 0 Å². The van der Waals surface area contributed by atoms with Gasteiger partial charge in [-0.05, 0) is 28.3 Å². The smallest absolute Gasteiger partial charge is 0.228 e. The predicted octanol–water partition coefficient (Wildman–Crippen LogP) is 3.17. The van der Waals surface area contributed by atoms with Gasteiger partial charge in [-0.15, -0.1) is 0 Å². The van der Waals surface area contributed by atoms with Gasteiger partial charge in [0, 0.05) is 18.3 Å². The number of aliphatic hydroxyl groups excluding tert-OH is 1. The van der Waals surface area contributed by atoms with Crippen LogP contribution in [-0.4, -0.2) is 39.6 Å². The molecule has 0 bridgehead atoms. The van der Waals surface area contributed by atoms with Crippen molar-refractivity contribution in [2.45, 2.75) is 24.4 Å². The minimum atomic E-state index is -0.610. The third-order valence-electron chi connectivity index (χ3n) is 5.50. The number of carbonyl (C=O) groups is 1. The molecular weight excluding hydrogens is 362 g/mol. The van der Waals surface area contributed by atoms with Gasteiger partial charge < -0.3 is 10.0 Å². The Morgan fingerprint density at radius 3 is 2.52 bits per heavy atom. The fraction of sp³-hybridized carbons (Fsp3) is 0.208. The fourth-order valence-electron chi connectivity index (χ4n) is 4.16. The SMILES string of the molecule is N#C[C@@H]1[C@H](c2ccccc2-c2ccccc2)[C@@H](CO)N1C(=O)Cc1cccnc1. The summed E-state index contributed by atoms with van der Waals surface area (Å²) in [5.74, 6) is -0.406. The van der Waals surface area contributed by atoms with Gasteiger partial charge in [-0.3, -0.25) is 9.78 Å². The molecule has 1 N–H and O–H groups in total. The molecule has 29 heavy (non-hydrogen) atoms. The Bertz CT molecular complexity index is 1030. The van der Waals surface area contributed by atoms with Crippen molar-refractivity contribution < 1.29 is 9.90 Å². The molecule has 0 radical (unpaired) electrons. The summed E-state index contributed by atoms with van der Waals surface area (Å²) in [5, 5.41) is 19.9. The van der Waals surface area contributed by atoms with Crippen LogP contribution in [0.25, 0.3) is 11.1 Å². The molecule has 0 unspecified atom stereocenters. The third-order valence-corrected chi connectivity index (χ3v) is 5.50. The molecule has 144 valence electrons. The number of hydrogen-bond acceptors (Lipinski definition) is 4. The third kappa shape index (κ3) is 3.51. The number of amides is 1. The van der Waals surface area contributed by atoms with Crippen molar-refractivity contribution >= 4 is 5.91 Å². The van der Waals surface area contributed by atoms with Gasteiger partial charge in [0.2, 0.25) is 5.91 Å². The topological polar surface area (TPSA) is 77.2 Å². The summed E-state index contributed by atoms with van der Waals surface area (Å²) >= 11 is 0. The second-order valence-corrected chi connectivity index (χ2v) is 7.14. The number of carbonyl (C=O) groups excluding carboxylic acids is 1. The molecule has 0 saturated carbocycles. The second kappa shape index (κ2) is 8.26. The van der Waals surface area contributed by atoms with Gasteiger partial charge in [-0.2, -0.15) is 5.26 Å². The molecule has 1 fully saturated rings. The molecule has 1 saturated heterocycles. The van der Waals surface area contributed by atoms with E-state index in [-0.39, 0.29) is 24.9 Å². The minimum Gasteiger partial charge on any atom is -0.394 e. The zero-order chi connectivity index (χ0) is 20.2. The van der Waals surface area contributed by atoms with Gasteiger partial charge in [0.05, 0.1) is 25.1 Å². The normalized spacial score (nSPS) is 20.6. The molecule has 4 rings (SSSR count). The van der Waals surface area contributed by atoms with Crippen molar-refractivity contribution in [3.05, 3.63) is 90.3 Å². The molecule has 5 nitrogen and oxygen atoms in total. The Morgan fingerprint density at radius 2 is 1.83 bits per heavy atom. The van der Waals surface area contributed by atoms with E-state index in [9.17, 15) is 15.2 Å².